The molecule has 0 spiro atoms. The van der Waals surface area contributed by atoms with Gasteiger partial charge in [0.05, 0.1) is 5.69 Å². The van der Waals surface area contributed by atoms with Gasteiger partial charge in [-0.2, -0.15) is 5.10 Å². The zero-order chi connectivity index (χ0) is 33.4. The molecule has 3 N–H and O–H groups in total. The monoisotopic (exact) mass is 639 g/mol. The smallest absolute Gasteiger partial charge is 0.270 e. The third-order valence-corrected chi connectivity index (χ3v) is 9.48. The lowest BCUT2D eigenvalue weighted by molar-refractivity contribution is -0.138. The first-order valence-corrected chi connectivity index (χ1v) is 16.8. The van der Waals surface area contributed by atoms with Crippen molar-refractivity contribution in [2.24, 2.45) is 5.92 Å². The van der Waals surface area contributed by atoms with Crippen LogP contribution in [-0.4, -0.2) is 87.5 Å². The number of hydrogen-bond donors (Lipinski definition) is 3. The maximum absolute atomic E-state index is 15.6. The summed E-state index contributed by atoms with van der Waals surface area (Å²) in [4.78, 5) is 57.0. The number of aryl methyl sites for hydroxylation is 1. The summed E-state index contributed by atoms with van der Waals surface area (Å²) in [5, 5.41) is 12.6. The van der Waals surface area contributed by atoms with E-state index in [0.717, 1.165) is 45.2 Å². The van der Waals surface area contributed by atoms with Gasteiger partial charge in [0.15, 0.2) is 0 Å². The number of carbonyl (C=O) groups is 4. The molecule has 0 bridgehead atoms. The number of nitrogens with one attached hydrogen (secondary N) is 3. The van der Waals surface area contributed by atoms with Gasteiger partial charge in [0.1, 0.15) is 23.6 Å². The van der Waals surface area contributed by atoms with E-state index >= 15 is 4.39 Å². The predicted molar refractivity (Wildman–Crippen MR) is 175 cm³/mol. The van der Waals surface area contributed by atoms with Gasteiger partial charge in [0, 0.05) is 57.3 Å². The van der Waals surface area contributed by atoms with E-state index in [4.69, 9.17) is 0 Å². The summed E-state index contributed by atoms with van der Waals surface area (Å²) in [6, 6.07) is 4.76. The van der Waals surface area contributed by atoms with E-state index in [0.29, 0.717) is 36.9 Å². The minimum Gasteiger partial charge on any atom is -0.344 e. The largest absolute Gasteiger partial charge is 0.344 e. The Morgan fingerprint density at radius 1 is 0.957 bits per heavy atom. The van der Waals surface area contributed by atoms with Crippen molar-refractivity contribution in [2.45, 2.75) is 104 Å². The van der Waals surface area contributed by atoms with Gasteiger partial charge in [-0.3, -0.25) is 28.8 Å². The van der Waals surface area contributed by atoms with Gasteiger partial charge < -0.3 is 20.9 Å². The van der Waals surface area contributed by atoms with Crippen LogP contribution in [0.15, 0.2) is 30.5 Å². The first-order chi connectivity index (χ1) is 22.0. The Balaban J connectivity index is 1.50. The van der Waals surface area contributed by atoms with Crippen molar-refractivity contribution in [3.63, 3.8) is 0 Å². The summed E-state index contributed by atoms with van der Waals surface area (Å²) in [6.07, 6.45) is 6.33. The number of piperazine rings is 1. The molecule has 0 radical (unpaired) electrons. The molecule has 11 nitrogen and oxygen atoms in total. The Labute approximate surface area is 271 Å². The molecule has 12 heteroatoms. The molecule has 2 aliphatic rings. The van der Waals surface area contributed by atoms with Crippen molar-refractivity contribution in [2.75, 3.05) is 31.5 Å². The maximum Gasteiger partial charge on any atom is 0.270 e. The lowest BCUT2D eigenvalue weighted by atomic mass is 9.83. The molecule has 2 aromatic rings. The summed E-state index contributed by atoms with van der Waals surface area (Å²) < 4.78 is 17.2. The van der Waals surface area contributed by atoms with Gasteiger partial charge in [0.25, 0.3) is 5.91 Å². The number of anilines is 1. The molecule has 4 rings (SSSR count). The fourth-order valence-corrected chi connectivity index (χ4v) is 6.51. The highest BCUT2D eigenvalue weighted by Crippen LogP contribution is 2.29. The van der Waals surface area contributed by atoms with Crippen LogP contribution in [0.25, 0.3) is 0 Å². The standard InChI is InChI=1S/C34H50FN7O4/c1-6-29(43)38-30(34(46)41-19-17-40(18-20-41)22(3)4)23(5)25-13-14-27(26(35)21-25)37-33(45)31(24-11-9-8-10-12-24)39-32(44)28-15-16-36-42(28)7-2/h13-16,21-24,30-31H,6-12,17-20H2,1-5H3,(H,37,45)(H,38,43)(H,39,44). The van der Waals surface area contributed by atoms with Crippen LogP contribution in [0.4, 0.5) is 10.1 Å². The normalized spacial score (nSPS) is 18.1. The highest BCUT2D eigenvalue weighted by molar-refractivity contribution is 6.00. The summed E-state index contributed by atoms with van der Waals surface area (Å²) in [6.45, 7) is 12.8. The molecule has 2 fully saturated rings. The van der Waals surface area contributed by atoms with Crippen molar-refractivity contribution in [1.82, 2.24) is 30.2 Å². The quantitative estimate of drug-likeness (QED) is 0.323. The molecule has 1 saturated heterocycles. The van der Waals surface area contributed by atoms with Crippen molar-refractivity contribution in [3.8, 4) is 0 Å². The number of benzene rings is 1. The number of aromatic nitrogens is 2. The van der Waals surface area contributed by atoms with Gasteiger partial charge in [-0.15, -0.1) is 0 Å². The van der Waals surface area contributed by atoms with Crippen molar-refractivity contribution >= 4 is 29.3 Å². The van der Waals surface area contributed by atoms with E-state index in [1.54, 1.807) is 41.8 Å². The summed E-state index contributed by atoms with van der Waals surface area (Å²) in [7, 11) is 0. The van der Waals surface area contributed by atoms with Gasteiger partial charge >= 0.3 is 0 Å². The van der Waals surface area contributed by atoms with E-state index < -0.39 is 35.6 Å². The van der Waals surface area contributed by atoms with E-state index in [1.165, 1.54) is 12.1 Å². The Hall–Kier alpha value is -3.80. The zero-order valence-electron chi connectivity index (χ0n) is 27.9. The zero-order valence-corrected chi connectivity index (χ0v) is 27.9. The molecule has 252 valence electrons. The van der Waals surface area contributed by atoms with E-state index in [1.807, 2.05) is 6.92 Å². The predicted octanol–water partition coefficient (Wildman–Crippen LogP) is 3.91. The molecule has 1 aromatic carbocycles. The van der Waals surface area contributed by atoms with Crippen LogP contribution in [0.3, 0.4) is 0 Å². The lowest BCUT2D eigenvalue weighted by Crippen LogP contribution is -2.57. The summed E-state index contributed by atoms with van der Waals surface area (Å²) >= 11 is 0. The molecule has 1 saturated carbocycles. The molecular formula is C34H50FN7O4. The van der Waals surface area contributed by atoms with Crippen LogP contribution in [-0.2, 0) is 20.9 Å². The van der Waals surface area contributed by atoms with Crippen molar-refractivity contribution in [3.05, 3.63) is 47.5 Å². The molecular weight excluding hydrogens is 589 g/mol. The van der Waals surface area contributed by atoms with Gasteiger partial charge in [-0.1, -0.05) is 39.2 Å². The van der Waals surface area contributed by atoms with Crippen LogP contribution in [0.2, 0.25) is 0 Å². The molecule has 4 amide bonds. The van der Waals surface area contributed by atoms with Crippen molar-refractivity contribution < 1.29 is 23.6 Å². The number of carbonyl (C=O) groups excluding carboxylic acids is 4. The lowest BCUT2D eigenvalue weighted by Gasteiger charge is -2.39. The number of nitrogens with zero attached hydrogens (tertiary/aromatic N) is 4. The van der Waals surface area contributed by atoms with Crippen LogP contribution in [0.5, 0.6) is 0 Å². The third kappa shape index (κ3) is 8.51. The maximum atomic E-state index is 15.6. The number of amides is 4. The highest BCUT2D eigenvalue weighted by Gasteiger charge is 2.35. The fourth-order valence-electron chi connectivity index (χ4n) is 6.51. The van der Waals surface area contributed by atoms with Crippen LogP contribution >= 0.6 is 0 Å². The summed E-state index contributed by atoms with van der Waals surface area (Å²) in [5.74, 6) is -2.58. The molecule has 46 heavy (non-hydrogen) atoms. The molecule has 1 aromatic heterocycles. The molecule has 1 aliphatic heterocycles. The first-order valence-electron chi connectivity index (χ1n) is 16.8. The summed E-state index contributed by atoms with van der Waals surface area (Å²) in [5.41, 5.74) is 0.873. The van der Waals surface area contributed by atoms with E-state index in [2.05, 4.69) is 39.8 Å². The minimum atomic E-state index is -0.861. The minimum absolute atomic E-state index is 0.0140. The van der Waals surface area contributed by atoms with Crippen LogP contribution in [0.1, 0.15) is 95.1 Å². The highest BCUT2D eigenvalue weighted by atomic mass is 19.1. The van der Waals surface area contributed by atoms with Gasteiger partial charge in [0.2, 0.25) is 17.7 Å². The second-order valence-electron chi connectivity index (χ2n) is 12.8. The SMILES string of the molecule is CCC(=O)NC(C(=O)N1CCN(C(C)C)CC1)C(C)c1ccc(NC(=O)C(NC(=O)c2ccnn2CC)C2CCCCC2)c(F)c1. The molecule has 2 heterocycles. The third-order valence-electron chi connectivity index (χ3n) is 9.48. The Bertz CT molecular complexity index is 1360. The van der Waals surface area contributed by atoms with Crippen molar-refractivity contribution in [1.29, 1.82) is 0 Å². The van der Waals surface area contributed by atoms with Crippen LogP contribution in [0, 0.1) is 11.7 Å². The number of hydrogen-bond acceptors (Lipinski definition) is 6. The second-order valence-corrected chi connectivity index (χ2v) is 12.8. The topological polar surface area (TPSA) is 129 Å². The Morgan fingerprint density at radius 2 is 1.65 bits per heavy atom. The fraction of sp³-hybridized carbons (Fsp3) is 0.618. The van der Waals surface area contributed by atoms with E-state index in [-0.39, 0.29) is 29.8 Å². The molecule has 3 unspecified atom stereocenters. The molecule has 1 aliphatic carbocycles. The van der Waals surface area contributed by atoms with Gasteiger partial charge in [-0.05, 0) is 63.3 Å². The number of rotatable bonds is 12. The average Bonchev–Trinajstić information content (AvgIpc) is 3.56. The van der Waals surface area contributed by atoms with Crippen LogP contribution < -0.4 is 16.0 Å². The molecule has 3 atom stereocenters. The number of halogens is 1. The average molecular weight is 640 g/mol. The first kappa shape index (κ1) is 35.1. The Kier molecular flexibility index (Phi) is 12.3. The Morgan fingerprint density at radius 3 is 2.26 bits per heavy atom. The second kappa shape index (κ2) is 16.2. The van der Waals surface area contributed by atoms with E-state index in [9.17, 15) is 19.2 Å². The van der Waals surface area contributed by atoms with Gasteiger partial charge in [-0.25, -0.2) is 4.39 Å².